The van der Waals surface area contributed by atoms with E-state index in [9.17, 15) is 24.0 Å². The Kier molecular flexibility index (Phi) is 6.46. The number of carbonyl (C=O) groups excluding carboxylic acids is 5. The van der Waals surface area contributed by atoms with Crippen molar-refractivity contribution in [3.63, 3.8) is 0 Å². The minimum Gasteiger partial charge on any atom is -0.382 e. The van der Waals surface area contributed by atoms with Crippen molar-refractivity contribution in [3.05, 3.63) is 24.3 Å². The minimum atomic E-state index is -1.03. The van der Waals surface area contributed by atoms with Gasteiger partial charge in [0.2, 0.25) is 11.8 Å². The van der Waals surface area contributed by atoms with Crippen LogP contribution in [-0.2, 0) is 23.9 Å². The molecular weight excluding hydrogens is 392 g/mol. The van der Waals surface area contributed by atoms with Gasteiger partial charge >= 0.3 is 17.8 Å². The number of ether oxygens (including phenoxy) is 1. The van der Waals surface area contributed by atoms with Crippen molar-refractivity contribution in [1.82, 2.24) is 9.80 Å². The second-order valence-electron chi connectivity index (χ2n) is 7.06. The molecule has 0 aliphatic carbocycles. The first kappa shape index (κ1) is 21.4. The SMILES string of the molecule is CCOCCCN1C(=O)C(=O)N(CC(=O)N2c3ccccc3NC(=O)C[C@@H]2C)C1=O. The summed E-state index contributed by atoms with van der Waals surface area (Å²) < 4.78 is 5.18. The number of nitrogens with zero attached hydrogens (tertiary/aromatic N) is 3. The summed E-state index contributed by atoms with van der Waals surface area (Å²) in [5, 5.41) is 2.74. The number of hydrogen-bond donors (Lipinski definition) is 1. The molecule has 1 aromatic carbocycles. The van der Waals surface area contributed by atoms with E-state index in [0.717, 1.165) is 4.90 Å². The summed E-state index contributed by atoms with van der Waals surface area (Å²) in [6.45, 7) is 3.85. The molecule has 1 fully saturated rings. The molecule has 0 spiro atoms. The van der Waals surface area contributed by atoms with Gasteiger partial charge < -0.3 is 15.0 Å². The normalized spacial score (nSPS) is 19.1. The second-order valence-corrected chi connectivity index (χ2v) is 7.06. The minimum absolute atomic E-state index is 0.0372. The fourth-order valence-electron chi connectivity index (χ4n) is 3.54. The van der Waals surface area contributed by atoms with E-state index in [0.29, 0.717) is 35.9 Å². The Morgan fingerprint density at radius 3 is 2.57 bits per heavy atom. The average Bonchev–Trinajstić information content (AvgIpc) is 2.83. The Hall–Kier alpha value is -3.27. The highest BCUT2D eigenvalue weighted by molar-refractivity contribution is 6.45. The first-order chi connectivity index (χ1) is 14.3. The van der Waals surface area contributed by atoms with Crippen LogP contribution >= 0.6 is 0 Å². The lowest BCUT2D eigenvalue weighted by atomic mass is 10.1. The predicted octanol–water partition coefficient (Wildman–Crippen LogP) is 0.968. The Labute approximate surface area is 173 Å². The predicted molar refractivity (Wildman–Crippen MR) is 107 cm³/mol. The van der Waals surface area contributed by atoms with Gasteiger partial charge in [0.15, 0.2) is 0 Å². The van der Waals surface area contributed by atoms with Crippen molar-refractivity contribution in [1.29, 1.82) is 0 Å². The molecule has 6 amide bonds. The van der Waals surface area contributed by atoms with Gasteiger partial charge in [-0.3, -0.25) is 24.1 Å². The summed E-state index contributed by atoms with van der Waals surface area (Å²) in [6, 6.07) is 5.48. The lowest BCUT2D eigenvalue weighted by Gasteiger charge is -2.29. The van der Waals surface area contributed by atoms with Crippen molar-refractivity contribution >= 4 is 41.0 Å². The second kappa shape index (κ2) is 9.04. The number of carbonyl (C=O) groups is 5. The largest absolute Gasteiger partial charge is 0.382 e. The molecule has 1 N–H and O–H groups in total. The quantitative estimate of drug-likeness (QED) is 0.402. The van der Waals surface area contributed by atoms with Crippen molar-refractivity contribution in [3.8, 4) is 0 Å². The van der Waals surface area contributed by atoms with Gasteiger partial charge in [0, 0.05) is 32.2 Å². The first-order valence-electron chi connectivity index (χ1n) is 9.81. The van der Waals surface area contributed by atoms with Crippen LogP contribution in [0.4, 0.5) is 16.2 Å². The zero-order valence-corrected chi connectivity index (χ0v) is 16.9. The van der Waals surface area contributed by atoms with Gasteiger partial charge in [0.05, 0.1) is 11.4 Å². The molecule has 1 aromatic rings. The summed E-state index contributed by atoms with van der Waals surface area (Å²) in [7, 11) is 0. The van der Waals surface area contributed by atoms with E-state index >= 15 is 0 Å². The lowest BCUT2D eigenvalue weighted by Crippen LogP contribution is -2.47. The fourth-order valence-corrected chi connectivity index (χ4v) is 3.54. The maximum Gasteiger partial charge on any atom is 0.334 e. The van der Waals surface area contributed by atoms with Crippen LogP contribution in [0.3, 0.4) is 0 Å². The van der Waals surface area contributed by atoms with Crippen LogP contribution in [0.25, 0.3) is 0 Å². The molecule has 0 saturated carbocycles. The lowest BCUT2D eigenvalue weighted by molar-refractivity contribution is -0.143. The third-order valence-corrected chi connectivity index (χ3v) is 4.93. The van der Waals surface area contributed by atoms with Crippen molar-refractivity contribution in [2.75, 3.05) is 36.5 Å². The zero-order valence-electron chi connectivity index (χ0n) is 16.9. The van der Waals surface area contributed by atoms with Crippen LogP contribution in [0.15, 0.2) is 24.3 Å². The summed E-state index contributed by atoms with van der Waals surface area (Å²) in [4.78, 5) is 65.1. The summed E-state index contributed by atoms with van der Waals surface area (Å²) >= 11 is 0. The number of benzene rings is 1. The summed E-state index contributed by atoms with van der Waals surface area (Å²) in [5.74, 6) is -2.79. The Balaban J connectivity index is 1.76. The number of urea groups is 1. The first-order valence-corrected chi connectivity index (χ1v) is 9.81. The van der Waals surface area contributed by atoms with Crippen LogP contribution < -0.4 is 10.2 Å². The number of anilines is 2. The standard InChI is InChI=1S/C20H24N4O6/c1-3-30-10-6-9-22-18(27)19(28)23(20(22)29)12-17(26)24-13(2)11-16(25)21-14-7-4-5-8-15(14)24/h4-5,7-8,13H,3,6,9-12H2,1-2H3,(H,21,25)/t13-/m0/s1. The highest BCUT2D eigenvalue weighted by Gasteiger charge is 2.45. The molecule has 0 aromatic heterocycles. The third kappa shape index (κ3) is 4.18. The Morgan fingerprint density at radius 2 is 1.83 bits per heavy atom. The van der Waals surface area contributed by atoms with E-state index in [-0.39, 0.29) is 18.9 Å². The molecule has 160 valence electrons. The molecule has 2 aliphatic heterocycles. The van der Waals surface area contributed by atoms with Gasteiger partial charge in [0.25, 0.3) is 0 Å². The molecule has 2 heterocycles. The van der Waals surface area contributed by atoms with Crippen LogP contribution in [-0.4, -0.2) is 71.8 Å². The van der Waals surface area contributed by atoms with E-state index in [1.165, 1.54) is 4.90 Å². The number of hydrogen-bond acceptors (Lipinski definition) is 6. The van der Waals surface area contributed by atoms with Gasteiger partial charge in [-0.15, -0.1) is 0 Å². The number of imide groups is 2. The summed E-state index contributed by atoms with van der Waals surface area (Å²) in [6.07, 6.45) is 0.454. The molecule has 3 rings (SSSR count). The van der Waals surface area contributed by atoms with Gasteiger partial charge in [-0.25, -0.2) is 9.69 Å². The zero-order chi connectivity index (χ0) is 21.8. The van der Waals surface area contributed by atoms with Crippen LogP contribution in [0.2, 0.25) is 0 Å². The monoisotopic (exact) mass is 416 g/mol. The Morgan fingerprint density at radius 1 is 1.13 bits per heavy atom. The van der Waals surface area contributed by atoms with E-state index in [2.05, 4.69) is 5.32 Å². The number of fused-ring (bicyclic) bond motifs is 1. The molecule has 0 unspecified atom stereocenters. The number of amides is 6. The third-order valence-electron chi connectivity index (χ3n) is 4.93. The van der Waals surface area contributed by atoms with E-state index in [1.54, 1.807) is 31.2 Å². The van der Waals surface area contributed by atoms with Crippen LogP contribution in [0.1, 0.15) is 26.7 Å². The summed E-state index contributed by atoms with van der Waals surface area (Å²) in [5.41, 5.74) is 0.938. The number of nitrogens with one attached hydrogen (secondary N) is 1. The smallest absolute Gasteiger partial charge is 0.334 e. The van der Waals surface area contributed by atoms with Gasteiger partial charge in [-0.1, -0.05) is 12.1 Å². The van der Waals surface area contributed by atoms with E-state index in [1.807, 2.05) is 6.92 Å². The topological polar surface area (TPSA) is 116 Å². The molecule has 10 nitrogen and oxygen atoms in total. The van der Waals surface area contributed by atoms with Crippen molar-refractivity contribution in [2.24, 2.45) is 0 Å². The van der Waals surface area contributed by atoms with Gasteiger partial charge in [0.1, 0.15) is 6.54 Å². The molecule has 1 saturated heterocycles. The van der Waals surface area contributed by atoms with Crippen molar-refractivity contribution < 1.29 is 28.7 Å². The molecular formula is C20H24N4O6. The molecule has 0 radical (unpaired) electrons. The maximum absolute atomic E-state index is 13.1. The Bertz CT molecular complexity index is 886. The number of rotatable bonds is 7. The highest BCUT2D eigenvalue weighted by Crippen LogP contribution is 2.31. The van der Waals surface area contributed by atoms with Crippen molar-refractivity contribution in [2.45, 2.75) is 32.7 Å². The molecule has 10 heteroatoms. The molecule has 0 bridgehead atoms. The molecule has 2 aliphatic rings. The fraction of sp³-hybridized carbons (Fsp3) is 0.450. The molecule has 30 heavy (non-hydrogen) atoms. The van der Waals surface area contributed by atoms with Gasteiger partial charge in [-0.05, 0) is 32.4 Å². The molecule has 1 atom stereocenters. The van der Waals surface area contributed by atoms with Gasteiger partial charge in [-0.2, -0.15) is 0 Å². The average molecular weight is 416 g/mol. The van der Waals surface area contributed by atoms with E-state index < -0.39 is 36.3 Å². The highest BCUT2D eigenvalue weighted by atomic mass is 16.5. The van der Waals surface area contributed by atoms with Crippen LogP contribution in [0.5, 0.6) is 0 Å². The van der Waals surface area contributed by atoms with E-state index in [4.69, 9.17) is 4.74 Å². The van der Waals surface area contributed by atoms with Crippen LogP contribution in [0, 0.1) is 0 Å². The maximum atomic E-state index is 13.1. The number of para-hydroxylation sites is 2.